The molecule has 0 saturated heterocycles. The number of benzene rings is 1. The zero-order valence-electron chi connectivity index (χ0n) is 21.5. The summed E-state index contributed by atoms with van der Waals surface area (Å²) in [6.07, 6.45) is 8.42. The first-order valence-corrected chi connectivity index (χ1v) is 12.3. The molecule has 4 atom stereocenters. The van der Waals surface area contributed by atoms with Crippen molar-refractivity contribution in [3.8, 4) is 12.3 Å². The summed E-state index contributed by atoms with van der Waals surface area (Å²) < 4.78 is 5.26. The number of carbonyl (C=O) groups excluding carboxylic acids is 3. The minimum absolute atomic E-state index is 0.160. The number of hydrogen-bond donors (Lipinski definition) is 3. The molecule has 0 aromatic heterocycles. The topological polar surface area (TPSA) is 108 Å². The second-order valence-corrected chi connectivity index (χ2v) is 10.0. The molecule has 1 aliphatic rings. The van der Waals surface area contributed by atoms with Crippen LogP contribution in [0.1, 0.15) is 77.5 Å². The Morgan fingerprint density at radius 2 is 1.91 bits per heavy atom. The smallest absolute Gasteiger partial charge is 0.408 e. The van der Waals surface area contributed by atoms with Gasteiger partial charge in [0.2, 0.25) is 11.8 Å². The lowest BCUT2D eigenvalue weighted by molar-refractivity contribution is -0.144. The van der Waals surface area contributed by atoms with Gasteiger partial charge in [-0.3, -0.25) is 9.59 Å². The largest absolute Gasteiger partial charge is 0.444 e. The van der Waals surface area contributed by atoms with Gasteiger partial charge in [0, 0.05) is 18.2 Å². The van der Waals surface area contributed by atoms with Crippen LogP contribution in [0.2, 0.25) is 0 Å². The van der Waals surface area contributed by atoms with Crippen LogP contribution in [0.3, 0.4) is 0 Å². The molecule has 0 heterocycles. The first-order chi connectivity index (χ1) is 16.5. The van der Waals surface area contributed by atoms with Crippen LogP contribution in [0.25, 0.3) is 0 Å². The molecule has 8 nitrogen and oxygen atoms in total. The van der Waals surface area contributed by atoms with Crippen LogP contribution in [-0.4, -0.2) is 58.8 Å². The third kappa shape index (κ3) is 8.00. The molecule has 0 spiro atoms. The molecule has 1 fully saturated rings. The van der Waals surface area contributed by atoms with E-state index in [0.717, 1.165) is 19.3 Å². The number of aliphatic hydroxyl groups excluding tert-OH is 1. The summed E-state index contributed by atoms with van der Waals surface area (Å²) in [5, 5.41) is 15.4. The molecule has 1 saturated carbocycles. The highest BCUT2D eigenvalue weighted by Crippen LogP contribution is 2.41. The van der Waals surface area contributed by atoms with E-state index in [0.29, 0.717) is 24.1 Å². The van der Waals surface area contributed by atoms with E-state index in [4.69, 9.17) is 11.2 Å². The summed E-state index contributed by atoms with van der Waals surface area (Å²) in [4.78, 5) is 41.1. The Labute approximate surface area is 208 Å². The van der Waals surface area contributed by atoms with Crippen molar-refractivity contribution in [2.75, 3.05) is 13.2 Å². The molecule has 2 rings (SSSR count). The first-order valence-electron chi connectivity index (χ1n) is 12.3. The lowest BCUT2D eigenvalue weighted by atomic mass is 9.97. The van der Waals surface area contributed by atoms with Crippen LogP contribution in [-0.2, 0) is 14.3 Å². The Morgan fingerprint density at radius 1 is 1.26 bits per heavy atom. The Balaban J connectivity index is 2.43. The molecule has 192 valence electrons. The van der Waals surface area contributed by atoms with E-state index >= 15 is 0 Å². The fourth-order valence-electron chi connectivity index (χ4n) is 3.96. The van der Waals surface area contributed by atoms with Crippen LogP contribution in [0.15, 0.2) is 24.3 Å². The van der Waals surface area contributed by atoms with Gasteiger partial charge in [-0.15, -0.1) is 6.42 Å². The number of amides is 3. The summed E-state index contributed by atoms with van der Waals surface area (Å²) >= 11 is 0. The number of aliphatic hydroxyl groups is 1. The third-order valence-electron chi connectivity index (χ3n) is 5.87. The Bertz CT molecular complexity index is 933. The molecule has 1 aliphatic carbocycles. The number of unbranched alkanes of at least 4 members (excludes halogenated alkanes) is 2. The molecular formula is C27H39N3O5. The number of terminal acetylenes is 1. The zero-order chi connectivity index (χ0) is 26.2. The summed E-state index contributed by atoms with van der Waals surface area (Å²) in [6, 6.07) is 4.53. The molecule has 1 aromatic carbocycles. The SMILES string of the molecule is C#Cc1ccccc1C(C(=O)NCCCCC)N(C(=O)C(CO)NC(=O)OC(C)(C)C)C1CC1C. The molecule has 0 radical (unpaired) electrons. The van der Waals surface area contributed by atoms with Crippen LogP contribution in [0, 0.1) is 18.3 Å². The van der Waals surface area contributed by atoms with Gasteiger partial charge in [0.1, 0.15) is 17.7 Å². The van der Waals surface area contributed by atoms with E-state index in [1.807, 2.05) is 6.92 Å². The predicted octanol–water partition coefficient (Wildman–Crippen LogP) is 3.14. The average Bonchev–Trinajstić information content (AvgIpc) is 3.52. The lowest BCUT2D eigenvalue weighted by Crippen LogP contribution is -2.55. The van der Waals surface area contributed by atoms with Crippen LogP contribution >= 0.6 is 0 Å². The van der Waals surface area contributed by atoms with E-state index in [2.05, 4.69) is 23.5 Å². The van der Waals surface area contributed by atoms with Crippen LogP contribution in [0.5, 0.6) is 0 Å². The number of carbonyl (C=O) groups is 3. The van der Waals surface area contributed by atoms with Gasteiger partial charge in [0.15, 0.2) is 0 Å². The number of nitrogens with one attached hydrogen (secondary N) is 2. The molecule has 35 heavy (non-hydrogen) atoms. The molecule has 1 aromatic rings. The van der Waals surface area contributed by atoms with Crippen molar-refractivity contribution in [3.63, 3.8) is 0 Å². The quantitative estimate of drug-likeness (QED) is 0.330. The van der Waals surface area contributed by atoms with E-state index in [1.165, 1.54) is 4.90 Å². The second-order valence-electron chi connectivity index (χ2n) is 10.0. The molecule has 0 bridgehead atoms. The highest BCUT2D eigenvalue weighted by molar-refractivity contribution is 5.93. The van der Waals surface area contributed by atoms with Crippen LogP contribution < -0.4 is 10.6 Å². The fourth-order valence-corrected chi connectivity index (χ4v) is 3.96. The summed E-state index contributed by atoms with van der Waals surface area (Å²) in [5.41, 5.74) is 0.266. The maximum Gasteiger partial charge on any atom is 0.408 e. The fraction of sp³-hybridized carbons (Fsp3) is 0.593. The highest BCUT2D eigenvalue weighted by Gasteiger charge is 2.48. The predicted molar refractivity (Wildman–Crippen MR) is 134 cm³/mol. The normalized spacial score (nSPS) is 18.5. The van der Waals surface area contributed by atoms with Gasteiger partial charge in [0.25, 0.3) is 0 Å². The number of alkyl carbamates (subject to hydrolysis) is 1. The minimum Gasteiger partial charge on any atom is -0.444 e. The van der Waals surface area contributed by atoms with Gasteiger partial charge in [-0.2, -0.15) is 0 Å². The van der Waals surface area contributed by atoms with E-state index < -0.39 is 36.3 Å². The standard InChI is InChI=1S/C27H39N3O5/c1-7-9-12-15-28-24(32)23(20-14-11-10-13-19(20)8-2)30(22-16-18(22)3)25(33)21(17-31)29-26(34)35-27(4,5)6/h2,10-11,13-14,18,21-23,31H,7,9,12,15-17H2,1,3-6H3,(H,28,32)(H,29,34). The van der Waals surface area contributed by atoms with Crippen molar-refractivity contribution in [2.24, 2.45) is 5.92 Å². The average molecular weight is 486 g/mol. The van der Waals surface area contributed by atoms with Gasteiger partial charge in [-0.1, -0.05) is 50.8 Å². The lowest BCUT2D eigenvalue weighted by Gasteiger charge is -2.35. The van der Waals surface area contributed by atoms with Gasteiger partial charge in [-0.25, -0.2) is 4.79 Å². The van der Waals surface area contributed by atoms with Crippen molar-refractivity contribution < 1.29 is 24.2 Å². The van der Waals surface area contributed by atoms with Gasteiger partial charge in [-0.05, 0) is 51.2 Å². The van der Waals surface area contributed by atoms with Gasteiger partial charge < -0.3 is 25.4 Å². The van der Waals surface area contributed by atoms with E-state index in [9.17, 15) is 19.5 Å². The Kier molecular flexibility index (Phi) is 10.1. The third-order valence-corrected chi connectivity index (χ3v) is 5.87. The van der Waals surface area contributed by atoms with Crippen LogP contribution in [0.4, 0.5) is 4.79 Å². The van der Waals surface area contributed by atoms with Crippen molar-refractivity contribution in [3.05, 3.63) is 35.4 Å². The second kappa shape index (κ2) is 12.6. The van der Waals surface area contributed by atoms with Crippen molar-refractivity contribution in [1.29, 1.82) is 0 Å². The van der Waals surface area contributed by atoms with Gasteiger partial charge >= 0.3 is 6.09 Å². The monoisotopic (exact) mass is 485 g/mol. The Hall–Kier alpha value is -3.05. The van der Waals surface area contributed by atoms with Crippen molar-refractivity contribution in [1.82, 2.24) is 15.5 Å². The summed E-state index contributed by atoms with van der Waals surface area (Å²) in [5.74, 6) is 1.87. The van der Waals surface area contributed by atoms with E-state index in [1.54, 1.807) is 45.0 Å². The maximum atomic E-state index is 13.8. The van der Waals surface area contributed by atoms with Crippen molar-refractivity contribution in [2.45, 2.75) is 84.0 Å². The maximum absolute atomic E-state index is 13.8. The molecule has 8 heteroatoms. The molecule has 4 unspecified atom stereocenters. The van der Waals surface area contributed by atoms with Crippen molar-refractivity contribution >= 4 is 17.9 Å². The summed E-state index contributed by atoms with van der Waals surface area (Å²) in [6.45, 7) is 9.02. The number of nitrogens with zero attached hydrogens (tertiary/aromatic N) is 1. The molecule has 0 aliphatic heterocycles. The first kappa shape index (κ1) is 28.2. The highest BCUT2D eigenvalue weighted by atomic mass is 16.6. The minimum atomic E-state index is -1.27. The molecular weight excluding hydrogens is 446 g/mol. The Morgan fingerprint density at radius 3 is 2.46 bits per heavy atom. The number of ether oxygens (including phenoxy) is 1. The number of rotatable bonds is 11. The van der Waals surface area contributed by atoms with E-state index in [-0.39, 0.29) is 17.9 Å². The molecule has 3 amide bonds. The zero-order valence-corrected chi connectivity index (χ0v) is 21.5. The number of hydrogen-bond acceptors (Lipinski definition) is 5. The molecule has 3 N–H and O–H groups in total. The van der Waals surface area contributed by atoms with Gasteiger partial charge in [0.05, 0.1) is 6.61 Å². The summed E-state index contributed by atoms with van der Waals surface area (Å²) in [7, 11) is 0.